The molecule has 0 bridgehead atoms. The van der Waals surface area contributed by atoms with Gasteiger partial charge in [-0.3, -0.25) is 4.79 Å². The number of aromatic nitrogens is 1. The van der Waals surface area contributed by atoms with Crippen molar-refractivity contribution in [2.24, 2.45) is 5.92 Å². The number of hydrogen-bond acceptors (Lipinski definition) is 5. The molecule has 1 saturated heterocycles. The van der Waals surface area contributed by atoms with E-state index in [-0.39, 0.29) is 18.4 Å². The van der Waals surface area contributed by atoms with Crippen molar-refractivity contribution in [2.45, 2.75) is 33.0 Å². The number of aliphatic hydroxyl groups is 1. The number of amides is 2. The quantitative estimate of drug-likeness (QED) is 0.880. The van der Waals surface area contributed by atoms with Crippen LogP contribution in [0.1, 0.15) is 26.3 Å². The lowest BCUT2D eigenvalue weighted by Gasteiger charge is -2.38. The van der Waals surface area contributed by atoms with Gasteiger partial charge in [-0.25, -0.2) is 9.78 Å². The second-order valence-electron chi connectivity index (χ2n) is 6.28. The molecule has 22 heavy (non-hydrogen) atoms. The van der Waals surface area contributed by atoms with E-state index in [1.54, 1.807) is 32.9 Å². The lowest BCUT2D eigenvalue weighted by Crippen LogP contribution is -2.55. The van der Waals surface area contributed by atoms with E-state index >= 15 is 0 Å². The van der Waals surface area contributed by atoms with Gasteiger partial charge in [0.05, 0.1) is 12.5 Å². The van der Waals surface area contributed by atoms with Crippen LogP contribution in [0.25, 0.3) is 0 Å². The molecule has 1 aromatic heterocycles. The van der Waals surface area contributed by atoms with Gasteiger partial charge >= 0.3 is 6.09 Å². The minimum absolute atomic E-state index is 0.0886. The Morgan fingerprint density at radius 1 is 1.41 bits per heavy atom. The minimum atomic E-state index is -0.539. The first-order valence-corrected chi connectivity index (χ1v) is 7.13. The summed E-state index contributed by atoms with van der Waals surface area (Å²) in [6.07, 6.45) is 1.10. The molecule has 1 aromatic rings. The topological polar surface area (TPSA) is 91.8 Å². The van der Waals surface area contributed by atoms with E-state index in [1.807, 2.05) is 0 Å². The zero-order chi connectivity index (χ0) is 16.3. The van der Waals surface area contributed by atoms with Gasteiger partial charge in [-0.2, -0.15) is 0 Å². The molecule has 1 fully saturated rings. The number of anilines is 1. The predicted molar refractivity (Wildman–Crippen MR) is 80.1 cm³/mol. The first-order chi connectivity index (χ1) is 10.3. The maximum Gasteiger partial charge on any atom is 0.410 e. The summed E-state index contributed by atoms with van der Waals surface area (Å²) < 4.78 is 5.23. The summed E-state index contributed by atoms with van der Waals surface area (Å²) in [6, 6.07) is 3.32. The third kappa shape index (κ3) is 4.17. The van der Waals surface area contributed by atoms with E-state index in [4.69, 9.17) is 9.84 Å². The summed E-state index contributed by atoms with van der Waals surface area (Å²) in [5, 5.41) is 11.6. The summed E-state index contributed by atoms with van der Waals surface area (Å²) in [7, 11) is 0. The van der Waals surface area contributed by atoms with Crippen LogP contribution in [-0.4, -0.2) is 45.7 Å². The SMILES string of the molecule is CC(C)(C)OC(=O)N1CC(C(=O)Nc2ccc(CO)cn2)C1. The van der Waals surface area contributed by atoms with E-state index in [2.05, 4.69) is 10.3 Å². The van der Waals surface area contributed by atoms with Crippen LogP contribution in [0.2, 0.25) is 0 Å². The number of nitrogens with one attached hydrogen (secondary N) is 1. The highest BCUT2D eigenvalue weighted by atomic mass is 16.6. The number of carbonyl (C=O) groups excluding carboxylic acids is 2. The third-order valence-corrected chi connectivity index (χ3v) is 3.16. The predicted octanol–water partition coefficient (Wildman–Crippen LogP) is 1.38. The molecule has 120 valence electrons. The van der Waals surface area contributed by atoms with E-state index < -0.39 is 11.7 Å². The van der Waals surface area contributed by atoms with Crippen molar-refractivity contribution in [3.05, 3.63) is 23.9 Å². The van der Waals surface area contributed by atoms with Crippen LogP contribution in [-0.2, 0) is 16.1 Å². The molecule has 0 aliphatic carbocycles. The first kappa shape index (κ1) is 16.2. The van der Waals surface area contributed by atoms with Gasteiger partial charge < -0.3 is 20.1 Å². The van der Waals surface area contributed by atoms with Crippen LogP contribution < -0.4 is 5.32 Å². The minimum Gasteiger partial charge on any atom is -0.444 e. The molecule has 2 heterocycles. The van der Waals surface area contributed by atoms with Crippen molar-refractivity contribution < 1.29 is 19.4 Å². The zero-order valence-corrected chi connectivity index (χ0v) is 13.0. The summed E-state index contributed by atoms with van der Waals surface area (Å²) >= 11 is 0. The highest BCUT2D eigenvalue weighted by Gasteiger charge is 2.37. The van der Waals surface area contributed by atoms with Gasteiger partial charge in [0, 0.05) is 19.3 Å². The molecule has 0 unspecified atom stereocenters. The molecule has 0 spiro atoms. The normalized spacial score (nSPS) is 15.2. The van der Waals surface area contributed by atoms with Gasteiger partial charge in [-0.15, -0.1) is 0 Å². The Bertz CT molecular complexity index is 545. The fourth-order valence-electron chi connectivity index (χ4n) is 1.94. The van der Waals surface area contributed by atoms with Crippen molar-refractivity contribution in [2.75, 3.05) is 18.4 Å². The molecule has 0 radical (unpaired) electrons. The van der Waals surface area contributed by atoms with Crippen molar-refractivity contribution in [1.29, 1.82) is 0 Å². The molecule has 1 aliphatic rings. The summed E-state index contributed by atoms with van der Waals surface area (Å²) in [6.45, 7) is 6.00. The van der Waals surface area contributed by atoms with Gasteiger partial charge in [0.1, 0.15) is 11.4 Å². The Hall–Kier alpha value is -2.15. The molecular formula is C15H21N3O4. The monoisotopic (exact) mass is 307 g/mol. The van der Waals surface area contributed by atoms with Crippen LogP contribution in [0.15, 0.2) is 18.3 Å². The Morgan fingerprint density at radius 2 is 2.09 bits per heavy atom. The summed E-state index contributed by atoms with van der Waals surface area (Å²) in [5.41, 5.74) is 0.140. The molecule has 7 nitrogen and oxygen atoms in total. The molecule has 2 N–H and O–H groups in total. The van der Waals surface area contributed by atoms with Crippen LogP contribution in [0.4, 0.5) is 10.6 Å². The largest absolute Gasteiger partial charge is 0.444 e. The van der Waals surface area contributed by atoms with Gasteiger partial charge in [0.2, 0.25) is 5.91 Å². The lowest BCUT2D eigenvalue weighted by atomic mass is 10.00. The number of ether oxygens (including phenoxy) is 1. The van der Waals surface area contributed by atoms with Crippen molar-refractivity contribution in [3.63, 3.8) is 0 Å². The molecule has 0 atom stereocenters. The molecular weight excluding hydrogens is 286 g/mol. The zero-order valence-electron chi connectivity index (χ0n) is 13.0. The number of likely N-dealkylation sites (tertiary alicyclic amines) is 1. The van der Waals surface area contributed by atoms with E-state index in [1.165, 1.54) is 11.1 Å². The number of aliphatic hydroxyl groups excluding tert-OH is 1. The molecule has 0 aromatic carbocycles. The standard InChI is InChI=1S/C15H21N3O4/c1-15(2,3)22-14(21)18-7-11(8-18)13(20)17-12-5-4-10(9-19)6-16-12/h4-6,11,19H,7-9H2,1-3H3,(H,16,17,20). The van der Waals surface area contributed by atoms with E-state index in [0.29, 0.717) is 24.5 Å². The second kappa shape index (κ2) is 6.31. The average molecular weight is 307 g/mol. The Balaban J connectivity index is 1.80. The third-order valence-electron chi connectivity index (χ3n) is 3.16. The van der Waals surface area contributed by atoms with Gasteiger partial charge in [-0.1, -0.05) is 6.07 Å². The first-order valence-electron chi connectivity index (χ1n) is 7.13. The number of nitrogens with zero attached hydrogens (tertiary/aromatic N) is 2. The summed E-state index contributed by atoms with van der Waals surface area (Å²) in [5.74, 6) is -0.00573. The van der Waals surface area contributed by atoms with Gasteiger partial charge in [0.25, 0.3) is 0 Å². The van der Waals surface area contributed by atoms with Crippen LogP contribution in [0, 0.1) is 5.92 Å². The molecule has 2 amide bonds. The molecule has 2 rings (SSSR count). The maximum absolute atomic E-state index is 12.0. The van der Waals surface area contributed by atoms with Gasteiger partial charge in [0.15, 0.2) is 0 Å². The average Bonchev–Trinajstić information content (AvgIpc) is 2.35. The molecule has 0 saturated carbocycles. The van der Waals surface area contributed by atoms with Crippen molar-refractivity contribution >= 4 is 17.8 Å². The lowest BCUT2D eigenvalue weighted by molar-refractivity contribution is -0.124. The van der Waals surface area contributed by atoms with Gasteiger partial charge in [-0.05, 0) is 32.4 Å². The fourth-order valence-corrected chi connectivity index (χ4v) is 1.94. The summed E-state index contributed by atoms with van der Waals surface area (Å²) in [4.78, 5) is 29.3. The number of hydrogen-bond donors (Lipinski definition) is 2. The highest BCUT2D eigenvalue weighted by molar-refractivity contribution is 5.93. The fraction of sp³-hybridized carbons (Fsp3) is 0.533. The second-order valence-corrected chi connectivity index (χ2v) is 6.28. The molecule has 7 heteroatoms. The number of rotatable bonds is 3. The Labute approximate surface area is 129 Å². The van der Waals surface area contributed by atoms with Crippen molar-refractivity contribution in [3.8, 4) is 0 Å². The van der Waals surface area contributed by atoms with Crippen molar-refractivity contribution in [1.82, 2.24) is 9.88 Å². The number of pyridine rings is 1. The number of carbonyl (C=O) groups is 2. The van der Waals surface area contributed by atoms with Crippen LogP contribution in [0.3, 0.4) is 0 Å². The van der Waals surface area contributed by atoms with E-state index in [9.17, 15) is 9.59 Å². The Kier molecular flexibility index (Phi) is 4.65. The van der Waals surface area contributed by atoms with Crippen LogP contribution >= 0.6 is 0 Å². The maximum atomic E-state index is 12.0. The van der Waals surface area contributed by atoms with E-state index in [0.717, 1.165) is 0 Å². The Morgan fingerprint density at radius 3 is 2.59 bits per heavy atom. The highest BCUT2D eigenvalue weighted by Crippen LogP contribution is 2.20. The van der Waals surface area contributed by atoms with Crippen LogP contribution in [0.5, 0.6) is 0 Å². The molecule has 1 aliphatic heterocycles. The smallest absolute Gasteiger partial charge is 0.410 e.